The van der Waals surface area contributed by atoms with Crippen LogP contribution in [0.2, 0.25) is 0 Å². The lowest BCUT2D eigenvalue weighted by Gasteiger charge is -2.35. The molecule has 0 unspecified atom stereocenters. The van der Waals surface area contributed by atoms with Gasteiger partial charge in [-0.05, 0) is 30.5 Å². The van der Waals surface area contributed by atoms with E-state index < -0.39 is 0 Å². The lowest BCUT2D eigenvalue weighted by Crippen LogP contribution is -2.51. The topological polar surface area (TPSA) is 47.1 Å². The number of amides is 2. The monoisotopic (exact) mass is 358 g/mol. The van der Waals surface area contributed by atoms with Gasteiger partial charge in [-0.3, -0.25) is 14.5 Å². The summed E-state index contributed by atoms with van der Waals surface area (Å²) < 4.78 is 0. The molecule has 2 fully saturated rings. The highest BCUT2D eigenvalue weighted by Crippen LogP contribution is 2.31. The number of hydrogen-bond donors (Lipinski definition) is 0. The van der Waals surface area contributed by atoms with E-state index in [0.29, 0.717) is 19.0 Å². The summed E-state index contributed by atoms with van der Waals surface area (Å²) in [5.41, 5.74) is 2.28. The predicted molar refractivity (Wildman–Crippen MR) is 103 cm³/mol. The number of carbonyl (C=O) groups excluding carboxylic acids is 2. The molecule has 0 spiro atoms. The van der Waals surface area contributed by atoms with Gasteiger partial charge in [0.2, 0.25) is 11.8 Å². The summed E-state index contributed by atoms with van der Waals surface area (Å²) in [7, 11) is 5.89. The molecule has 3 rings (SSSR count). The molecule has 142 valence electrons. The maximum Gasteiger partial charge on any atom is 0.236 e. The van der Waals surface area contributed by atoms with Gasteiger partial charge in [0.25, 0.3) is 0 Å². The molecule has 0 N–H and O–H groups in total. The van der Waals surface area contributed by atoms with Gasteiger partial charge in [-0.1, -0.05) is 12.1 Å². The number of anilines is 1. The third-order valence-corrected chi connectivity index (χ3v) is 5.27. The van der Waals surface area contributed by atoms with E-state index >= 15 is 0 Å². The fourth-order valence-electron chi connectivity index (χ4n) is 3.29. The minimum Gasteiger partial charge on any atom is -0.378 e. The second kappa shape index (κ2) is 8.08. The summed E-state index contributed by atoms with van der Waals surface area (Å²) in [6.07, 6.45) is 2.11. The number of piperazine rings is 1. The third kappa shape index (κ3) is 4.75. The first-order valence-corrected chi connectivity index (χ1v) is 9.45. The molecule has 1 heterocycles. The van der Waals surface area contributed by atoms with Gasteiger partial charge in [-0.2, -0.15) is 0 Å². The van der Waals surface area contributed by atoms with Crippen molar-refractivity contribution in [3.8, 4) is 0 Å². The zero-order valence-electron chi connectivity index (χ0n) is 16.1. The molecule has 6 nitrogen and oxygen atoms in total. The lowest BCUT2D eigenvalue weighted by molar-refractivity contribution is -0.135. The Morgan fingerprint density at radius 3 is 2.15 bits per heavy atom. The van der Waals surface area contributed by atoms with Crippen LogP contribution in [-0.4, -0.2) is 80.4 Å². The molecule has 2 aliphatic rings. The molecular weight excluding hydrogens is 328 g/mol. The van der Waals surface area contributed by atoms with Crippen molar-refractivity contribution in [1.82, 2.24) is 14.7 Å². The largest absolute Gasteiger partial charge is 0.378 e. The first-order valence-electron chi connectivity index (χ1n) is 9.45. The molecule has 0 radical (unpaired) electrons. The number of rotatable bonds is 6. The van der Waals surface area contributed by atoms with E-state index in [1.807, 2.05) is 26.0 Å². The van der Waals surface area contributed by atoms with Crippen molar-refractivity contribution in [1.29, 1.82) is 0 Å². The van der Waals surface area contributed by atoms with Crippen molar-refractivity contribution in [3.05, 3.63) is 29.8 Å². The van der Waals surface area contributed by atoms with E-state index in [1.165, 1.54) is 0 Å². The van der Waals surface area contributed by atoms with Crippen molar-refractivity contribution in [3.63, 3.8) is 0 Å². The number of likely N-dealkylation sites (N-methyl/N-ethyl adjacent to an activating group) is 1. The third-order valence-electron chi connectivity index (χ3n) is 5.27. The van der Waals surface area contributed by atoms with Crippen LogP contribution in [0.5, 0.6) is 0 Å². The quantitative estimate of drug-likeness (QED) is 0.768. The fraction of sp³-hybridized carbons (Fsp3) is 0.600. The number of hydrogen-bond acceptors (Lipinski definition) is 4. The Morgan fingerprint density at radius 2 is 1.62 bits per heavy atom. The fourth-order valence-corrected chi connectivity index (χ4v) is 3.29. The van der Waals surface area contributed by atoms with Gasteiger partial charge in [0.05, 0.1) is 6.54 Å². The molecular formula is C20H30N4O2. The molecule has 1 saturated carbocycles. The van der Waals surface area contributed by atoms with Gasteiger partial charge in [0, 0.05) is 65.5 Å². The normalized spacial score (nSPS) is 17.9. The molecule has 2 amide bonds. The highest BCUT2D eigenvalue weighted by Gasteiger charge is 2.34. The smallest absolute Gasteiger partial charge is 0.236 e. The van der Waals surface area contributed by atoms with Crippen LogP contribution in [-0.2, 0) is 16.1 Å². The van der Waals surface area contributed by atoms with Crippen molar-refractivity contribution in [2.75, 3.05) is 58.8 Å². The summed E-state index contributed by atoms with van der Waals surface area (Å²) in [5, 5.41) is 0. The Bertz CT molecular complexity index is 632. The van der Waals surface area contributed by atoms with Crippen LogP contribution in [0, 0.1) is 5.92 Å². The molecule has 0 bridgehead atoms. The van der Waals surface area contributed by atoms with Crippen molar-refractivity contribution >= 4 is 17.5 Å². The molecule has 1 aromatic rings. The molecule has 0 atom stereocenters. The lowest BCUT2D eigenvalue weighted by atomic mass is 10.2. The Morgan fingerprint density at radius 1 is 1.00 bits per heavy atom. The number of benzene rings is 1. The van der Waals surface area contributed by atoms with Gasteiger partial charge in [0.15, 0.2) is 0 Å². The SMILES string of the molecule is CN(Cc1ccc(N(C)C)cc1)C(=O)CN1CCN(C(=O)C2CC2)CC1. The number of nitrogens with zero attached hydrogens (tertiary/aromatic N) is 4. The Balaban J connectivity index is 1.43. The van der Waals surface area contributed by atoms with Crippen LogP contribution in [0.4, 0.5) is 5.69 Å². The average Bonchev–Trinajstić information content (AvgIpc) is 3.47. The summed E-state index contributed by atoms with van der Waals surface area (Å²) >= 11 is 0. The number of carbonyl (C=O) groups is 2. The van der Waals surface area contributed by atoms with Gasteiger partial charge in [-0.15, -0.1) is 0 Å². The minimum atomic E-state index is 0.128. The highest BCUT2D eigenvalue weighted by atomic mass is 16.2. The van der Waals surface area contributed by atoms with Crippen LogP contribution in [0.15, 0.2) is 24.3 Å². The predicted octanol–water partition coefficient (Wildman–Crippen LogP) is 1.27. The molecule has 1 aliphatic heterocycles. The Hall–Kier alpha value is -2.08. The van der Waals surface area contributed by atoms with E-state index in [-0.39, 0.29) is 11.8 Å². The van der Waals surface area contributed by atoms with E-state index in [4.69, 9.17) is 0 Å². The first-order chi connectivity index (χ1) is 12.4. The molecule has 1 saturated heterocycles. The summed E-state index contributed by atoms with van der Waals surface area (Å²) in [6, 6.07) is 8.29. The Labute approximate surface area is 156 Å². The van der Waals surface area contributed by atoms with E-state index in [1.54, 1.807) is 4.90 Å². The summed E-state index contributed by atoms with van der Waals surface area (Å²) in [6.45, 7) is 4.12. The van der Waals surface area contributed by atoms with E-state index in [9.17, 15) is 9.59 Å². The van der Waals surface area contributed by atoms with Gasteiger partial charge in [-0.25, -0.2) is 0 Å². The standard InChI is InChI=1S/C20H30N4O2/c1-21(2)18-8-4-16(5-9-18)14-22(3)19(25)15-23-10-12-24(13-11-23)20(26)17-6-7-17/h4-5,8-9,17H,6-7,10-15H2,1-3H3. The van der Waals surface area contributed by atoms with Crippen molar-refractivity contribution < 1.29 is 9.59 Å². The van der Waals surface area contributed by atoms with Crippen LogP contribution in [0.25, 0.3) is 0 Å². The molecule has 1 aromatic carbocycles. The van der Waals surface area contributed by atoms with E-state index in [0.717, 1.165) is 50.3 Å². The molecule has 1 aliphatic carbocycles. The second-order valence-electron chi connectivity index (χ2n) is 7.69. The van der Waals surface area contributed by atoms with Crippen molar-refractivity contribution in [2.45, 2.75) is 19.4 Å². The highest BCUT2D eigenvalue weighted by molar-refractivity contribution is 5.81. The minimum absolute atomic E-state index is 0.128. The first kappa shape index (κ1) is 18.7. The van der Waals surface area contributed by atoms with Gasteiger partial charge in [0.1, 0.15) is 0 Å². The van der Waals surface area contributed by atoms with Crippen LogP contribution >= 0.6 is 0 Å². The molecule has 6 heteroatoms. The van der Waals surface area contributed by atoms with Gasteiger partial charge >= 0.3 is 0 Å². The maximum atomic E-state index is 12.5. The zero-order valence-corrected chi connectivity index (χ0v) is 16.1. The second-order valence-corrected chi connectivity index (χ2v) is 7.69. The average molecular weight is 358 g/mol. The van der Waals surface area contributed by atoms with Crippen LogP contribution in [0.3, 0.4) is 0 Å². The summed E-state index contributed by atoms with van der Waals surface area (Å²) in [4.78, 5) is 32.6. The molecule has 26 heavy (non-hydrogen) atoms. The van der Waals surface area contributed by atoms with Crippen LogP contribution < -0.4 is 4.90 Å². The molecule has 0 aromatic heterocycles. The summed E-state index contributed by atoms with van der Waals surface area (Å²) in [5.74, 6) is 0.728. The van der Waals surface area contributed by atoms with Crippen molar-refractivity contribution in [2.24, 2.45) is 5.92 Å². The maximum absolute atomic E-state index is 12.5. The van der Waals surface area contributed by atoms with Crippen LogP contribution in [0.1, 0.15) is 18.4 Å². The zero-order chi connectivity index (χ0) is 18.7. The van der Waals surface area contributed by atoms with Gasteiger partial charge < -0.3 is 14.7 Å². The van der Waals surface area contributed by atoms with E-state index in [2.05, 4.69) is 34.1 Å². The Kier molecular flexibility index (Phi) is 5.81.